The molecule has 7 nitrogen and oxygen atoms in total. The summed E-state index contributed by atoms with van der Waals surface area (Å²) in [5, 5.41) is 4.05. The molecule has 1 N–H and O–H groups in total. The standard InChI is InChI=1S/C21H27Cl2N5O2S/c1-15-13-20(26-21(24-15)25-16-5-3-2-4-6-16)27-9-11-28(12-10-27)31(29,30)17-7-8-18(22)19(23)14-17/h7-8,13-14,16H,2-6,9-12H2,1H3,(H,24,25,26). The van der Waals surface area contributed by atoms with Gasteiger partial charge in [-0.15, -0.1) is 0 Å². The number of halogens is 2. The number of piperazine rings is 1. The molecule has 168 valence electrons. The Bertz CT molecular complexity index is 1040. The lowest BCUT2D eigenvalue weighted by Gasteiger charge is -2.35. The Labute approximate surface area is 193 Å². The maximum absolute atomic E-state index is 13.0. The van der Waals surface area contributed by atoms with Crippen LogP contribution in [0.2, 0.25) is 10.0 Å². The lowest BCUT2D eigenvalue weighted by molar-refractivity contribution is 0.383. The molecule has 1 saturated carbocycles. The number of sulfonamides is 1. The molecule has 0 amide bonds. The molecular weight excluding hydrogens is 457 g/mol. The van der Waals surface area contributed by atoms with Gasteiger partial charge in [-0.1, -0.05) is 42.5 Å². The fraction of sp³-hybridized carbons (Fsp3) is 0.524. The topological polar surface area (TPSA) is 78.4 Å². The summed E-state index contributed by atoms with van der Waals surface area (Å²) in [6.45, 7) is 3.82. The molecule has 1 aliphatic heterocycles. The highest BCUT2D eigenvalue weighted by Crippen LogP contribution is 2.28. The van der Waals surface area contributed by atoms with Crippen LogP contribution in [0.25, 0.3) is 0 Å². The summed E-state index contributed by atoms with van der Waals surface area (Å²) in [6, 6.07) is 6.79. The van der Waals surface area contributed by atoms with Gasteiger partial charge in [-0.2, -0.15) is 9.29 Å². The summed E-state index contributed by atoms with van der Waals surface area (Å²) >= 11 is 11.9. The molecule has 31 heavy (non-hydrogen) atoms. The second-order valence-corrected chi connectivity index (χ2v) is 10.9. The van der Waals surface area contributed by atoms with E-state index in [1.165, 1.54) is 41.8 Å². The average molecular weight is 484 g/mol. The van der Waals surface area contributed by atoms with E-state index in [1.807, 2.05) is 13.0 Å². The largest absolute Gasteiger partial charge is 0.354 e. The Morgan fingerprint density at radius 3 is 2.35 bits per heavy atom. The van der Waals surface area contributed by atoms with E-state index in [1.54, 1.807) is 0 Å². The summed E-state index contributed by atoms with van der Waals surface area (Å²) < 4.78 is 27.5. The van der Waals surface area contributed by atoms with Gasteiger partial charge in [0.15, 0.2) is 0 Å². The van der Waals surface area contributed by atoms with Crippen molar-refractivity contribution in [3.8, 4) is 0 Å². The minimum absolute atomic E-state index is 0.159. The normalized spacial score (nSPS) is 18.9. The lowest BCUT2D eigenvalue weighted by atomic mass is 9.96. The van der Waals surface area contributed by atoms with E-state index in [4.69, 9.17) is 28.2 Å². The second-order valence-electron chi connectivity index (χ2n) is 8.14. The molecule has 0 atom stereocenters. The van der Waals surface area contributed by atoms with E-state index in [0.29, 0.717) is 43.2 Å². The van der Waals surface area contributed by atoms with Crippen LogP contribution in [0.4, 0.5) is 11.8 Å². The van der Waals surface area contributed by atoms with Crippen molar-refractivity contribution in [3.63, 3.8) is 0 Å². The molecule has 2 fully saturated rings. The highest BCUT2D eigenvalue weighted by molar-refractivity contribution is 7.89. The minimum atomic E-state index is -3.62. The van der Waals surface area contributed by atoms with Crippen LogP contribution in [0, 0.1) is 6.92 Å². The number of benzene rings is 1. The third kappa shape index (κ3) is 5.25. The molecule has 1 aliphatic carbocycles. The van der Waals surface area contributed by atoms with Crippen molar-refractivity contribution in [2.75, 3.05) is 36.4 Å². The smallest absolute Gasteiger partial charge is 0.243 e. The van der Waals surface area contributed by atoms with Gasteiger partial charge in [0.2, 0.25) is 16.0 Å². The third-order valence-corrected chi connectivity index (χ3v) is 8.50. The van der Waals surface area contributed by atoms with Crippen LogP contribution in [-0.2, 0) is 10.0 Å². The first-order chi connectivity index (χ1) is 14.8. The number of nitrogens with one attached hydrogen (secondary N) is 1. The van der Waals surface area contributed by atoms with Gasteiger partial charge < -0.3 is 10.2 Å². The Kier molecular flexibility index (Phi) is 6.91. The summed E-state index contributed by atoms with van der Waals surface area (Å²) in [5.41, 5.74) is 0.897. The first-order valence-corrected chi connectivity index (χ1v) is 12.8. The van der Waals surface area contributed by atoms with Crippen molar-refractivity contribution in [2.24, 2.45) is 0 Å². The van der Waals surface area contributed by atoms with Crippen molar-refractivity contribution in [2.45, 2.75) is 50.0 Å². The van der Waals surface area contributed by atoms with E-state index in [2.05, 4.69) is 15.2 Å². The number of anilines is 2. The van der Waals surface area contributed by atoms with Crippen LogP contribution in [-0.4, -0.2) is 54.9 Å². The van der Waals surface area contributed by atoms with Crippen molar-refractivity contribution in [1.82, 2.24) is 14.3 Å². The average Bonchev–Trinajstić information content (AvgIpc) is 2.76. The Morgan fingerprint density at radius 2 is 1.68 bits per heavy atom. The predicted molar refractivity (Wildman–Crippen MR) is 125 cm³/mol. The Balaban J connectivity index is 1.44. The second kappa shape index (κ2) is 9.48. The van der Waals surface area contributed by atoms with Crippen molar-refractivity contribution < 1.29 is 8.42 Å². The quantitative estimate of drug-likeness (QED) is 0.680. The molecule has 0 bridgehead atoms. The van der Waals surface area contributed by atoms with Gasteiger partial charge in [-0.3, -0.25) is 0 Å². The fourth-order valence-corrected chi connectivity index (χ4v) is 5.96. The molecule has 2 aromatic rings. The molecule has 1 aromatic carbocycles. The first-order valence-electron chi connectivity index (χ1n) is 10.7. The molecule has 1 aromatic heterocycles. The molecule has 4 rings (SSSR count). The highest BCUT2D eigenvalue weighted by Gasteiger charge is 2.29. The Morgan fingerprint density at radius 1 is 0.968 bits per heavy atom. The summed E-state index contributed by atoms with van der Waals surface area (Å²) in [5.74, 6) is 1.49. The minimum Gasteiger partial charge on any atom is -0.354 e. The van der Waals surface area contributed by atoms with Gasteiger partial charge in [0.1, 0.15) is 5.82 Å². The zero-order valence-corrected chi connectivity index (χ0v) is 19.8. The molecule has 10 heteroatoms. The van der Waals surface area contributed by atoms with E-state index < -0.39 is 10.0 Å². The van der Waals surface area contributed by atoms with Gasteiger partial charge in [0.25, 0.3) is 0 Å². The monoisotopic (exact) mass is 483 g/mol. The van der Waals surface area contributed by atoms with Crippen LogP contribution < -0.4 is 10.2 Å². The van der Waals surface area contributed by atoms with Crippen molar-refractivity contribution >= 4 is 45.0 Å². The van der Waals surface area contributed by atoms with Gasteiger partial charge in [-0.25, -0.2) is 13.4 Å². The molecule has 1 saturated heterocycles. The lowest BCUT2D eigenvalue weighted by Crippen LogP contribution is -2.49. The predicted octanol–water partition coefficient (Wildman–Crippen LogP) is 4.35. The Hall–Kier alpha value is -1.61. The number of hydrogen-bond acceptors (Lipinski definition) is 6. The van der Waals surface area contributed by atoms with Crippen LogP contribution in [0.1, 0.15) is 37.8 Å². The highest BCUT2D eigenvalue weighted by atomic mass is 35.5. The molecule has 2 aliphatic rings. The van der Waals surface area contributed by atoms with E-state index in [-0.39, 0.29) is 9.92 Å². The third-order valence-electron chi connectivity index (χ3n) is 5.87. The van der Waals surface area contributed by atoms with Crippen LogP contribution in [0.15, 0.2) is 29.2 Å². The number of aromatic nitrogens is 2. The van der Waals surface area contributed by atoms with E-state index >= 15 is 0 Å². The van der Waals surface area contributed by atoms with Crippen LogP contribution in [0.3, 0.4) is 0 Å². The zero-order valence-electron chi connectivity index (χ0n) is 17.5. The van der Waals surface area contributed by atoms with Gasteiger partial charge in [0, 0.05) is 44.0 Å². The summed E-state index contributed by atoms with van der Waals surface area (Å²) in [4.78, 5) is 11.5. The fourth-order valence-electron chi connectivity index (χ4n) is 4.15. The molecule has 2 heterocycles. The van der Waals surface area contributed by atoms with Gasteiger partial charge in [0.05, 0.1) is 14.9 Å². The van der Waals surface area contributed by atoms with E-state index in [9.17, 15) is 8.42 Å². The van der Waals surface area contributed by atoms with E-state index in [0.717, 1.165) is 24.4 Å². The molecule has 0 unspecified atom stereocenters. The number of nitrogens with zero attached hydrogens (tertiary/aromatic N) is 4. The van der Waals surface area contributed by atoms with Gasteiger partial charge in [-0.05, 0) is 38.0 Å². The van der Waals surface area contributed by atoms with Crippen LogP contribution in [0.5, 0.6) is 0 Å². The van der Waals surface area contributed by atoms with Gasteiger partial charge >= 0.3 is 0 Å². The maximum atomic E-state index is 13.0. The first kappa shape index (κ1) is 22.6. The number of rotatable bonds is 5. The van der Waals surface area contributed by atoms with Crippen LogP contribution >= 0.6 is 23.2 Å². The number of aryl methyl sites for hydroxylation is 1. The maximum Gasteiger partial charge on any atom is 0.243 e. The summed E-state index contributed by atoms with van der Waals surface area (Å²) in [6.07, 6.45) is 6.08. The van der Waals surface area contributed by atoms with Crippen molar-refractivity contribution in [3.05, 3.63) is 40.0 Å². The number of hydrogen-bond donors (Lipinski definition) is 1. The molecule has 0 radical (unpaired) electrons. The zero-order chi connectivity index (χ0) is 22.0. The molecular formula is C21H27Cl2N5O2S. The van der Waals surface area contributed by atoms with Crippen molar-refractivity contribution in [1.29, 1.82) is 0 Å². The summed E-state index contributed by atoms with van der Waals surface area (Å²) in [7, 11) is -3.62. The molecule has 0 spiro atoms. The SMILES string of the molecule is Cc1cc(N2CCN(S(=O)(=O)c3ccc(Cl)c(Cl)c3)CC2)nc(NC2CCCCC2)n1.